The molecule has 0 unspecified atom stereocenters. The molecule has 0 saturated carbocycles. The third kappa shape index (κ3) is 4.54. The molecule has 0 bridgehead atoms. The topological polar surface area (TPSA) is 67.8 Å². The first-order valence-corrected chi connectivity index (χ1v) is 11.0. The molecule has 3 aromatic carbocycles. The number of aromatic hydroxyl groups is 1. The molecular formula is C25H22INO4. The summed E-state index contributed by atoms with van der Waals surface area (Å²) in [6.07, 6.45) is 3.22. The molecule has 2 N–H and O–H groups in total. The number of nitrogens with one attached hydrogen (secondary N) is 1. The van der Waals surface area contributed by atoms with Crippen molar-refractivity contribution in [3.8, 4) is 22.6 Å². The van der Waals surface area contributed by atoms with E-state index in [2.05, 4.69) is 29.6 Å². The minimum absolute atomic E-state index is 0.0419. The van der Waals surface area contributed by atoms with Crippen molar-refractivity contribution in [2.75, 3.05) is 20.3 Å². The van der Waals surface area contributed by atoms with E-state index in [4.69, 9.17) is 9.47 Å². The van der Waals surface area contributed by atoms with Crippen molar-refractivity contribution in [3.05, 3.63) is 87.0 Å². The highest BCUT2D eigenvalue weighted by molar-refractivity contribution is 14.1. The van der Waals surface area contributed by atoms with Crippen LogP contribution >= 0.6 is 22.6 Å². The van der Waals surface area contributed by atoms with E-state index >= 15 is 0 Å². The molecule has 3 aromatic rings. The van der Waals surface area contributed by atoms with Crippen molar-refractivity contribution < 1.29 is 19.4 Å². The fourth-order valence-electron chi connectivity index (χ4n) is 3.83. The molecule has 1 amide bonds. The molecule has 1 aliphatic carbocycles. The van der Waals surface area contributed by atoms with Gasteiger partial charge in [0.05, 0.1) is 10.7 Å². The lowest BCUT2D eigenvalue weighted by molar-refractivity contribution is 0.144. The summed E-state index contributed by atoms with van der Waals surface area (Å²) in [6.45, 7) is 0.618. The van der Waals surface area contributed by atoms with Gasteiger partial charge in [-0.2, -0.15) is 0 Å². The predicted octanol–water partition coefficient (Wildman–Crippen LogP) is 5.56. The number of methoxy groups -OCH3 is 1. The predicted molar refractivity (Wildman–Crippen MR) is 129 cm³/mol. The van der Waals surface area contributed by atoms with Crippen molar-refractivity contribution >= 4 is 34.8 Å². The lowest BCUT2D eigenvalue weighted by Crippen LogP contribution is -2.26. The Hall–Kier alpha value is -3.00. The molecule has 0 heterocycles. The van der Waals surface area contributed by atoms with E-state index in [-0.39, 0.29) is 18.3 Å². The molecule has 6 heteroatoms. The number of hydrogen-bond acceptors (Lipinski definition) is 4. The molecule has 0 radical (unpaired) electrons. The molecule has 0 aliphatic heterocycles. The van der Waals surface area contributed by atoms with Crippen LogP contribution in [0.2, 0.25) is 0 Å². The molecule has 5 nitrogen and oxygen atoms in total. The van der Waals surface area contributed by atoms with Gasteiger partial charge in [0, 0.05) is 12.5 Å². The first-order valence-electron chi connectivity index (χ1n) is 9.90. The summed E-state index contributed by atoms with van der Waals surface area (Å²) in [5.41, 5.74) is 5.65. The largest absolute Gasteiger partial charge is 0.504 e. The van der Waals surface area contributed by atoms with Gasteiger partial charge in [-0.05, 0) is 62.5 Å². The number of amides is 1. The third-order valence-electron chi connectivity index (χ3n) is 5.29. The summed E-state index contributed by atoms with van der Waals surface area (Å²) in [4.78, 5) is 12.2. The summed E-state index contributed by atoms with van der Waals surface area (Å²) in [6, 6.07) is 20.1. The zero-order valence-electron chi connectivity index (χ0n) is 17.0. The lowest BCUT2D eigenvalue weighted by atomic mass is 9.98. The van der Waals surface area contributed by atoms with Crippen LogP contribution in [0.5, 0.6) is 11.5 Å². The average Bonchev–Trinajstić information content (AvgIpc) is 3.11. The van der Waals surface area contributed by atoms with Crippen LogP contribution in [-0.4, -0.2) is 31.5 Å². The molecule has 0 atom stereocenters. The van der Waals surface area contributed by atoms with Crippen LogP contribution in [0.25, 0.3) is 17.2 Å². The van der Waals surface area contributed by atoms with Gasteiger partial charge in [0.1, 0.15) is 6.61 Å². The van der Waals surface area contributed by atoms with E-state index in [0.29, 0.717) is 15.9 Å². The quantitative estimate of drug-likeness (QED) is 0.413. The summed E-state index contributed by atoms with van der Waals surface area (Å²) in [5, 5.41) is 12.7. The molecular weight excluding hydrogens is 505 g/mol. The number of phenolic OH excluding ortho intramolecular Hbond substituents is 1. The number of fused-ring (bicyclic) bond motifs is 3. The second-order valence-electron chi connectivity index (χ2n) is 7.16. The van der Waals surface area contributed by atoms with Gasteiger partial charge in [-0.15, -0.1) is 0 Å². The zero-order chi connectivity index (χ0) is 21.8. The molecule has 0 spiro atoms. The number of hydrogen-bond donors (Lipinski definition) is 2. The number of halogens is 1. The standard InChI is InChI=1S/C25H22INO4/c1-30-23-14-16(13-22(26)24(23)28)7-6-12-27-25(29)31-15-21-19-10-4-2-8-17(19)18-9-3-5-11-20(18)21/h2-11,13-14,21,28H,12,15H2,1H3,(H,27,29). The number of carbonyl (C=O) groups is 1. The van der Waals surface area contributed by atoms with E-state index in [1.54, 1.807) is 6.07 Å². The monoisotopic (exact) mass is 527 g/mol. The summed E-state index contributed by atoms with van der Waals surface area (Å²) in [5.74, 6) is 0.577. The second-order valence-corrected chi connectivity index (χ2v) is 8.32. The maximum Gasteiger partial charge on any atom is 0.407 e. The fraction of sp³-hybridized carbons (Fsp3) is 0.160. The molecule has 1 aliphatic rings. The van der Waals surface area contributed by atoms with Crippen molar-refractivity contribution in [1.82, 2.24) is 5.32 Å². The van der Waals surface area contributed by atoms with Crippen molar-refractivity contribution in [2.45, 2.75) is 5.92 Å². The molecule has 31 heavy (non-hydrogen) atoms. The number of phenols is 1. The number of carbonyl (C=O) groups excluding carboxylic acids is 1. The summed E-state index contributed by atoms with van der Waals surface area (Å²) in [7, 11) is 1.51. The minimum atomic E-state index is -0.454. The van der Waals surface area contributed by atoms with Gasteiger partial charge in [-0.25, -0.2) is 4.79 Å². The Morgan fingerprint density at radius 1 is 1.10 bits per heavy atom. The fourth-order valence-corrected chi connectivity index (χ4v) is 4.46. The maximum absolute atomic E-state index is 12.2. The molecule has 0 aromatic heterocycles. The Bertz CT molecular complexity index is 1100. The Kier molecular flexibility index (Phi) is 6.46. The zero-order valence-corrected chi connectivity index (χ0v) is 19.1. The Balaban J connectivity index is 1.33. The Labute approximate surface area is 194 Å². The lowest BCUT2D eigenvalue weighted by Gasteiger charge is -2.14. The summed E-state index contributed by atoms with van der Waals surface area (Å²) >= 11 is 2.05. The van der Waals surface area contributed by atoms with Crippen molar-refractivity contribution in [1.29, 1.82) is 0 Å². The minimum Gasteiger partial charge on any atom is -0.504 e. The van der Waals surface area contributed by atoms with Crippen LogP contribution in [-0.2, 0) is 4.74 Å². The van der Waals surface area contributed by atoms with Gasteiger partial charge >= 0.3 is 6.09 Å². The Morgan fingerprint density at radius 3 is 2.39 bits per heavy atom. The van der Waals surface area contributed by atoms with E-state index in [1.165, 1.54) is 29.4 Å². The highest BCUT2D eigenvalue weighted by atomic mass is 127. The van der Waals surface area contributed by atoms with Gasteiger partial charge in [0.15, 0.2) is 11.5 Å². The number of alkyl carbamates (subject to hydrolysis) is 1. The van der Waals surface area contributed by atoms with Gasteiger partial charge < -0.3 is 19.9 Å². The van der Waals surface area contributed by atoms with Gasteiger partial charge in [-0.3, -0.25) is 0 Å². The SMILES string of the molecule is COc1cc(C=CCNC(=O)OCC2c3ccccc3-c3ccccc32)cc(I)c1O. The normalized spacial score (nSPS) is 12.5. The Morgan fingerprint density at radius 2 is 1.74 bits per heavy atom. The van der Waals surface area contributed by atoms with Gasteiger partial charge in [-0.1, -0.05) is 60.7 Å². The maximum atomic E-state index is 12.2. The first-order chi connectivity index (χ1) is 15.1. The summed E-state index contributed by atoms with van der Waals surface area (Å²) < 4.78 is 11.4. The van der Waals surface area contributed by atoms with E-state index < -0.39 is 6.09 Å². The van der Waals surface area contributed by atoms with Crippen LogP contribution in [0, 0.1) is 3.57 Å². The molecule has 158 valence electrons. The van der Waals surface area contributed by atoms with Gasteiger partial charge in [0.2, 0.25) is 0 Å². The van der Waals surface area contributed by atoms with Crippen LogP contribution < -0.4 is 10.1 Å². The molecule has 4 rings (SSSR count). The van der Waals surface area contributed by atoms with Crippen LogP contribution in [0.4, 0.5) is 4.79 Å². The highest BCUT2D eigenvalue weighted by Gasteiger charge is 2.28. The van der Waals surface area contributed by atoms with E-state index in [9.17, 15) is 9.90 Å². The van der Waals surface area contributed by atoms with Crippen LogP contribution in [0.15, 0.2) is 66.7 Å². The van der Waals surface area contributed by atoms with Crippen molar-refractivity contribution in [2.24, 2.45) is 0 Å². The highest BCUT2D eigenvalue weighted by Crippen LogP contribution is 2.44. The second kappa shape index (κ2) is 9.43. The van der Waals surface area contributed by atoms with Gasteiger partial charge in [0.25, 0.3) is 0 Å². The van der Waals surface area contributed by atoms with Crippen LogP contribution in [0.1, 0.15) is 22.6 Å². The van der Waals surface area contributed by atoms with Crippen molar-refractivity contribution in [3.63, 3.8) is 0 Å². The molecule has 0 saturated heterocycles. The smallest absolute Gasteiger partial charge is 0.407 e. The first kappa shape index (κ1) is 21.2. The van der Waals surface area contributed by atoms with E-state index in [1.807, 2.05) is 65.1 Å². The third-order valence-corrected chi connectivity index (χ3v) is 6.11. The number of benzene rings is 3. The molecule has 0 fully saturated rings. The number of ether oxygens (including phenoxy) is 2. The van der Waals surface area contributed by atoms with E-state index in [0.717, 1.165) is 5.56 Å². The van der Waals surface area contributed by atoms with Crippen LogP contribution in [0.3, 0.4) is 0 Å². The number of rotatable bonds is 6. The average molecular weight is 527 g/mol.